The topological polar surface area (TPSA) is 26.3 Å². The molecular formula is C17H22O2. The van der Waals surface area contributed by atoms with Gasteiger partial charge in [-0.05, 0) is 68.6 Å². The number of Topliss-reactive ketones (excluding diaryl/α,β-unsaturated/α-hetero) is 1. The second-order valence-electron chi connectivity index (χ2n) is 6.35. The van der Waals surface area contributed by atoms with E-state index in [-0.39, 0.29) is 5.41 Å². The second-order valence-corrected chi connectivity index (χ2v) is 6.35. The molecule has 19 heavy (non-hydrogen) atoms. The van der Waals surface area contributed by atoms with E-state index in [1.165, 1.54) is 24.8 Å². The van der Waals surface area contributed by atoms with Crippen LogP contribution in [-0.2, 0) is 10.2 Å². The maximum Gasteiger partial charge on any atom is 0.135 e. The first kappa shape index (κ1) is 12.7. The molecule has 0 spiro atoms. The summed E-state index contributed by atoms with van der Waals surface area (Å²) in [7, 11) is 1.70. The Morgan fingerprint density at radius 1 is 1.00 bits per heavy atom. The summed E-state index contributed by atoms with van der Waals surface area (Å²) >= 11 is 0. The number of hydrogen-bond donors (Lipinski definition) is 0. The van der Waals surface area contributed by atoms with Gasteiger partial charge in [0.25, 0.3) is 0 Å². The van der Waals surface area contributed by atoms with Crippen LogP contribution in [0.1, 0.15) is 51.0 Å². The van der Waals surface area contributed by atoms with Crippen molar-refractivity contribution in [1.29, 1.82) is 0 Å². The smallest absolute Gasteiger partial charge is 0.135 e. The van der Waals surface area contributed by atoms with Crippen molar-refractivity contribution in [3.63, 3.8) is 0 Å². The number of benzene rings is 1. The lowest BCUT2D eigenvalue weighted by atomic mass is 9.51. The first-order chi connectivity index (χ1) is 9.10. The van der Waals surface area contributed by atoms with Gasteiger partial charge in [-0.15, -0.1) is 0 Å². The van der Waals surface area contributed by atoms with Crippen LogP contribution in [0, 0.1) is 5.41 Å². The molecule has 0 aromatic heterocycles. The highest BCUT2D eigenvalue weighted by molar-refractivity contribution is 5.82. The van der Waals surface area contributed by atoms with Gasteiger partial charge in [-0.1, -0.05) is 12.1 Å². The Morgan fingerprint density at radius 3 is 1.95 bits per heavy atom. The fourth-order valence-electron chi connectivity index (χ4n) is 4.09. The fourth-order valence-corrected chi connectivity index (χ4v) is 4.09. The molecule has 1 aromatic rings. The van der Waals surface area contributed by atoms with Crippen molar-refractivity contribution in [2.24, 2.45) is 5.41 Å². The molecule has 0 radical (unpaired) electrons. The SMILES string of the molecule is COc1ccc(C23CCC(C(C)=O)(CC2)CC3)cc1. The van der Waals surface area contributed by atoms with Crippen molar-refractivity contribution in [3.05, 3.63) is 29.8 Å². The minimum Gasteiger partial charge on any atom is -0.497 e. The Morgan fingerprint density at radius 2 is 1.53 bits per heavy atom. The van der Waals surface area contributed by atoms with E-state index in [9.17, 15) is 4.79 Å². The van der Waals surface area contributed by atoms with E-state index in [4.69, 9.17) is 4.74 Å². The summed E-state index contributed by atoms with van der Waals surface area (Å²) in [4.78, 5) is 11.9. The van der Waals surface area contributed by atoms with Crippen LogP contribution in [0.25, 0.3) is 0 Å². The molecule has 0 aliphatic heterocycles. The summed E-state index contributed by atoms with van der Waals surface area (Å²) in [5.41, 5.74) is 1.78. The normalized spacial score (nSPS) is 33.2. The molecule has 0 heterocycles. The van der Waals surface area contributed by atoms with Crippen molar-refractivity contribution in [2.45, 2.75) is 50.9 Å². The van der Waals surface area contributed by atoms with Gasteiger partial charge in [0.2, 0.25) is 0 Å². The van der Waals surface area contributed by atoms with E-state index in [2.05, 4.69) is 24.3 Å². The van der Waals surface area contributed by atoms with Crippen LogP contribution in [0.4, 0.5) is 0 Å². The van der Waals surface area contributed by atoms with Gasteiger partial charge in [0.05, 0.1) is 7.11 Å². The van der Waals surface area contributed by atoms with E-state index >= 15 is 0 Å². The van der Waals surface area contributed by atoms with Crippen LogP contribution >= 0.6 is 0 Å². The highest BCUT2D eigenvalue weighted by Crippen LogP contribution is 2.58. The third kappa shape index (κ3) is 1.89. The lowest BCUT2D eigenvalue weighted by molar-refractivity contribution is -0.133. The standard InChI is InChI=1S/C17H22O2/c1-13(18)16-7-10-17(11-8-16,12-9-16)14-3-5-15(19-2)6-4-14/h3-6H,7-12H2,1-2H3. The molecule has 3 aliphatic rings. The number of carbonyl (C=O) groups is 1. The summed E-state index contributed by atoms with van der Waals surface area (Å²) < 4.78 is 5.24. The first-order valence-corrected chi connectivity index (χ1v) is 7.26. The van der Waals surface area contributed by atoms with E-state index in [1.807, 2.05) is 0 Å². The first-order valence-electron chi connectivity index (χ1n) is 7.26. The summed E-state index contributed by atoms with van der Waals surface area (Å²) in [6, 6.07) is 8.55. The zero-order chi connectivity index (χ0) is 13.5. The highest BCUT2D eigenvalue weighted by Gasteiger charge is 2.51. The van der Waals surface area contributed by atoms with Crippen LogP contribution in [0.5, 0.6) is 5.75 Å². The number of ether oxygens (including phenoxy) is 1. The molecule has 4 rings (SSSR count). The Labute approximate surface area is 115 Å². The highest BCUT2D eigenvalue weighted by atomic mass is 16.5. The molecule has 0 amide bonds. The van der Waals surface area contributed by atoms with Crippen molar-refractivity contribution >= 4 is 5.78 Å². The van der Waals surface area contributed by atoms with Gasteiger partial charge in [0.15, 0.2) is 0 Å². The number of hydrogen-bond acceptors (Lipinski definition) is 2. The van der Waals surface area contributed by atoms with Crippen molar-refractivity contribution in [1.82, 2.24) is 0 Å². The quantitative estimate of drug-likeness (QED) is 0.822. The third-order valence-electron chi connectivity index (χ3n) is 5.70. The monoisotopic (exact) mass is 258 g/mol. The van der Waals surface area contributed by atoms with Crippen LogP contribution in [0.3, 0.4) is 0 Å². The summed E-state index contributed by atoms with van der Waals surface area (Å²) in [6.45, 7) is 1.78. The Hall–Kier alpha value is -1.31. The lowest BCUT2D eigenvalue weighted by Crippen LogP contribution is -2.47. The van der Waals surface area contributed by atoms with Crippen molar-refractivity contribution < 1.29 is 9.53 Å². The van der Waals surface area contributed by atoms with Crippen LogP contribution < -0.4 is 4.74 Å². The summed E-state index contributed by atoms with van der Waals surface area (Å²) in [5.74, 6) is 1.33. The molecule has 0 unspecified atom stereocenters. The van der Waals surface area contributed by atoms with Gasteiger partial charge in [-0.3, -0.25) is 4.79 Å². The molecule has 0 N–H and O–H groups in total. The predicted molar refractivity (Wildman–Crippen MR) is 75.5 cm³/mol. The Kier molecular flexibility index (Phi) is 2.92. The van der Waals surface area contributed by atoms with Gasteiger partial charge < -0.3 is 4.74 Å². The number of rotatable bonds is 3. The van der Waals surface area contributed by atoms with E-state index in [0.717, 1.165) is 25.0 Å². The number of methoxy groups -OCH3 is 1. The molecule has 2 nitrogen and oxygen atoms in total. The minimum atomic E-state index is 0.0220. The lowest BCUT2D eigenvalue weighted by Gasteiger charge is -2.52. The van der Waals surface area contributed by atoms with E-state index in [0.29, 0.717) is 11.2 Å². The molecular weight excluding hydrogens is 236 g/mol. The zero-order valence-corrected chi connectivity index (χ0v) is 11.9. The van der Waals surface area contributed by atoms with Gasteiger partial charge in [0, 0.05) is 5.41 Å². The van der Waals surface area contributed by atoms with Crippen LogP contribution in [0.15, 0.2) is 24.3 Å². The number of carbonyl (C=O) groups excluding carboxylic acids is 1. The predicted octanol–water partition coefficient (Wildman–Crippen LogP) is 3.88. The van der Waals surface area contributed by atoms with Gasteiger partial charge >= 0.3 is 0 Å². The third-order valence-corrected chi connectivity index (χ3v) is 5.70. The average molecular weight is 258 g/mol. The Bertz CT molecular complexity index is 462. The van der Waals surface area contributed by atoms with E-state index in [1.54, 1.807) is 14.0 Å². The second kappa shape index (κ2) is 4.36. The molecule has 1 aromatic carbocycles. The van der Waals surface area contributed by atoms with Gasteiger partial charge in [0.1, 0.15) is 11.5 Å². The molecule has 2 heteroatoms. The zero-order valence-electron chi connectivity index (χ0n) is 11.9. The molecule has 3 saturated carbocycles. The van der Waals surface area contributed by atoms with Crippen molar-refractivity contribution in [3.8, 4) is 5.75 Å². The number of ketones is 1. The minimum absolute atomic E-state index is 0.0220. The van der Waals surface area contributed by atoms with Crippen LogP contribution in [0.2, 0.25) is 0 Å². The van der Waals surface area contributed by atoms with Crippen LogP contribution in [-0.4, -0.2) is 12.9 Å². The average Bonchev–Trinajstić information content (AvgIpc) is 2.49. The van der Waals surface area contributed by atoms with Crippen molar-refractivity contribution in [2.75, 3.05) is 7.11 Å². The summed E-state index contributed by atoms with van der Waals surface area (Å²) in [5, 5.41) is 0. The maximum atomic E-state index is 11.9. The van der Waals surface area contributed by atoms with E-state index < -0.39 is 0 Å². The molecule has 102 valence electrons. The molecule has 0 atom stereocenters. The molecule has 0 saturated heterocycles. The Balaban J connectivity index is 1.85. The van der Waals surface area contributed by atoms with Gasteiger partial charge in [-0.2, -0.15) is 0 Å². The molecule has 3 aliphatic carbocycles. The fraction of sp³-hybridized carbons (Fsp3) is 0.588. The largest absolute Gasteiger partial charge is 0.497 e. The maximum absolute atomic E-state index is 11.9. The molecule has 3 fully saturated rings. The molecule has 2 bridgehead atoms. The summed E-state index contributed by atoms with van der Waals surface area (Å²) in [6.07, 6.45) is 6.73. The number of fused-ring (bicyclic) bond motifs is 3. The van der Waals surface area contributed by atoms with Gasteiger partial charge in [-0.25, -0.2) is 0 Å².